The molecule has 1 amide bonds. The van der Waals surface area contributed by atoms with Gasteiger partial charge in [-0.25, -0.2) is 9.97 Å². The number of nitrogens with zero attached hydrogens (tertiary/aromatic N) is 2. The highest BCUT2D eigenvalue weighted by Crippen LogP contribution is 1.85. The number of amides is 1. The van der Waals surface area contributed by atoms with Gasteiger partial charge >= 0.3 is 0 Å². The van der Waals surface area contributed by atoms with Gasteiger partial charge in [0.15, 0.2) is 0 Å². The van der Waals surface area contributed by atoms with Gasteiger partial charge in [0, 0.05) is 6.20 Å². The Balaban J connectivity index is 0.000000461. The molecule has 4 nitrogen and oxygen atoms in total. The SMILES string of the molecule is CC.NC(=O)c1ccncn1. The number of aromatic nitrogens is 2. The normalized spacial score (nSPS) is 7.82. The molecule has 0 saturated heterocycles. The molecule has 0 spiro atoms. The summed E-state index contributed by atoms with van der Waals surface area (Å²) in [5.74, 6) is -0.530. The summed E-state index contributed by atoms with van der Waals surface area (Å²) in [7, 11) is 0. The highest BCUT2D eigenvalue weighted by molar-refractivity contribution is 5.90. The van der Waals surface area contributed by atoms with Crippen molar-refractivity contribution in [1.82, 2.24) is 9.97 Å². The van der Waals surface area contributed by atoms with E-state index in [1.807, 2.05) is 13.8 Å². The molecule has 0 aromatic carbocycles. The van der Waals surface area contributed by atoms with Crippen molar-refractivity contribution in [2.45, 2.75) is 13.8 Å². The van der Waals surface area contributed by atoms with Crippen LogP contribution in [0.4, 0.5) is 0 Å². The summed E-state index contributed by atoms with van der Waals surface area (Å²) in [6, 6.07) is 1.46. The topological polar surface area (TPSA) is 68.9 Å². The van der Waals surface area contributed by atoms with Crippen LogP contribution < -0.4 is 5.73 Å². The maximum Gasteiger partial charge on any atom is 0.267 e. The minimum atomic E-state index is -0.530. The number of hydrogen-bond acceptors (Lipinski definition) is 3. The summed E-state index contributed by atoms with van der Waals surface area (Å²) >= 11 is 0. The van der Waals surface area contributed by atoms with Crippen LogP contribution in [0.15, 0.2) is 18.6 Å². The van der Waals surface area contributed by atoms with E-state index in [1.165, 1.54) is 18.6 Å². The minimum Gasteiger partial charge on any atom is -0.364 e. The largest absolute Gasteiger partial charge is 0.364 e. The first-order valence-corrected chi connectivity index (χ1v) is 3.36. The van der Waals surface area contributed by atoms with Crippen LogP contribution in [0.3, 0.4) is 0 Å². The van der Waals surface area contributed by atoms with E-state index < -0.39 is 5.91 Å². The van der Waals surface area contributed by atoms with E-state index in [4.69, 9.17) is 5.73 Å². The monoisotopic (exact) mass is 153 g/mol. The summed E-state index contributed by atoms with van der Waals surface area (Å²) in [4.78, 5) is 17.5. The second-order valence-corrected chi connectivity index (χ2v) is 1.46. The first-order valence-electron chi connectivity index (χ1n) is 3.36. The molecule has 0 aliphatic heterocycles. The van der Waals surface area contributed by atoms with E-state index in [-0.39, 0.29) is 5.69 Å². The maximum absolute atomic E-state index is 10.3. The van der Waals surface area contributed by atoms with Crippen LogP contribution in [0.2, 0.25) is 0 Å². The van der Waals surface area contributed by atoms with Gasteiger partial charge in [-0.2, -0.15) is 0 Å². The van der Waals surface area contributed by atoms with Crippen molar-refractivity contribution in [2.75, 3.05) is 0 Å². The van der Waals surface area contributed by atoms with Gasteiger partial charge in [0.1, 0.15) is 12.0 Å². The fourth-order valence-electron chi connectivity index (χ4n) is 0.436. The molecule has 0 aliphatic carbocycles. The molecule has 1 heterocycles. The Bertz CT molecular complexity index is 210. The molecule has 60 valence electrons. The summed E-state index contributed by atoms with van der Waals surface area (Å²) in [5.41, 5.74) is 5.13. The quantitative estimate of drug-likeness (QED) is 0.642. The Morgan fingerprint density at radius 1 is 1.55 bits per heavy atom. The molecule has 1 aromatic heterocycles. The van der Waals surface area contributed by atoms with Crippen LogP contribution in [0, 0.1) is 0 Å². The van der Waals surface area contributed by atoms with Crippen LogP contribution in [-0.4, -0.2) is 15.9 Å². The Kier molecular flexibility index (Phi) is 4.64. The Morgan fingerprint density at radius 3 is 2.45 bits per heavy atom. The average molecular weight is 153 g/mol. The Labute approximate surface area is 65.5 Å². The van der Waals surface area contributed by atoms with E-state index in [0.29, 0.717) is 0 Å². The van der Waals surface area contributed by atoms with Crippen molar-refractivity contribution < 1.29 is 4.79 Å². The standard InChI is InChI=1S/C5H5N3O.C2H6/c6-5(9)4-1-2-7-3-8-4;1-2/h1-3H,(H2,6,9);1-2H3. The van der Waals surface area contributed by atoms with Crippen molar-refractivity contribution in [1.29, 1.82) is 0 Å². The number of carbonyl (C=O) groups is 1. The lowest BCUT2D eigenvalue weighted by Gasteiger charge is -1.87. The lowest BCUT2D eigenvalue weighted by Crippen LogP contribution is -2.12. The number of hydrogen-bond donors (Lipinski definition) is 1. The van der Waals surface area contributed by atoms with Crippen molar-refractivity contribution in [3.05, 3.63) is 24.3 Å². The van der Waals surface area contributed by atoms with Gasteiger partial charge in [0.2, 0.25) is 0 Å². The third-order valence-electron chi connectivity index (χ3n) is 0.834. The van der Waals surface area contributed by atoms with Crippen molar-refractivity contribution >= 4 is 5.91 Å². The van der Waals surface area contributed by atoms with Gasteiger partial charge < -0.3 is 5.73 Å². The van der Waals surface area contributed by atoms with Crippen LogP contribution in [0.1, 0.15) is 24.3 Å². The predicted molar refractivity (Wildman–Crippen MR) is 41.9 cm³/mol. The zero-order chi connectivity index (χ0) is 8.69. The number of nitrogens with two attached hydrogens (primary N) is 1. The molecule has 1 rings (SSSR count). The van der Waals surface area contributed by atoms with Gasteiger partial charge in [-0.15, -0.1) is 0 Å². The maximum atomic E-state index is 10.3. The first kappa shape index (κ1) is 9.55. The summed E-state index contributed by atoms with van der Waals surface area (Å²) < 4.78 is 0. The van der Waals surface area contributed by atoms with E-state index in [0.717, 1.165) is 0 Å². The summed E-state index contributed by atoms with van der Waals surface area (Å²) in [5, 5.41) is 0. The first-order chi connectivity index (χ1) is 5.30. The number of rotatable bonds is 1. The molecule has 2 N–H and O–H groups in total. The van der Waals surface area contributed by atoms with Gasteiger partial charge in [-0.1, -0.05) is 13.8 Å². The fraction of sp³-hybridized carbons (Fsp3) is 0.286. The van der Waals surface area contributed by atoms with Crippen LogP contribution in [0.25, 0.3) is 0 Å². The Morgan fingerprint density at radius 2 is 2.18 bits per heavy atom. The summed E-state index contributed by atoms with van der Waals surface area (Å²) in [6.07, 6.45) is 2.74. The lowest BCUT2D eigenvalue weighted by molar-refractivity contribution is 0.0995. The third kappa shape index (κ3) is 3.30. The van der Waals surface area contributed by atoms with E-state index in [2.05, 4.69) is 9.97 Å². The number of carbonyl (C=O) groups excluding carboxylic acids is 1. The Hall–Kier alpha value is -1.45. The summed E-state index contributed by atoms with van der Waals surface area (Å²) in [6.45, 7) is 4.00. The highest BCUT2D eigenvalue weighted by atomic mass is 16.1. The second kappa shape index (κ2) is 5.34. The molecular weight excluding hydrogens is 142 g/mol. The zero-order valence-corrected chi connectivity index (χ0v) is 6.61. The average Bonchev–Trinajstić information content (AvgIpc) is 2.10. The molecule has 0 saturated carbocycles. The van der Waals surface area contributed by atoms with Crippen LogP contribution in [0.5, 0.6) is 0 Å². The van der Waals surface area contributed by atoms with E-state index in [9.17, 15) is 4.79 Å². The molecule has 0 aliphatic rings. The van der Waals surface area contributed by atoms with Crippen LogP contribution >= 0.6 is 0 Å². The van der Waals surface area contributed by atoms with Crippen LogP contribution in [-0.2, 0) is 0 Å². The van der Waals surface area contributed by atoms with E-state index >= 15 is 0 Å². The molecule has 1 aromatic rings. The minimum absolute atomic E-state index is 0.241. The van der Waals surface area contributed by atoms with Gasteiger partial charge in [0.05, 0.1) is 0 Å². The highest BCUT2D eigenvalue weighted by Gasteiger charge is 1.96. The van der Waals surface area contributed by atoms with Crippen molar-refractivity contribution in [3.63, 3.8) is 0 Å². The third-order valence-corrected chi connectivity index (χ3v) is 0.834. The molecule has 11 heavy (non-hydrogen) atoms. The molecular formula is C7H11N3O. The fourth-order valence-corrected chi connectivity index (χ4v) is 0.436. The van der Waals surface area contributed by atoms with Gasteiger partial charge in [-0.05, 0) is 6.07 Å². The smallest absolute Gasteiger partial charge is 0.267 e. The number of primary amides is 1. The van der Waals surface area contributed by atoms with Crippen molar-refractivity contribution in [3.8, 4) is 0 Å². The molecule has 0 fully saturated rings. The van der Waals surface area contributed by atoms with Gasteiger partial charge in [-0.3, -0.25) is 4.79 Å². The molecule has 0 atom stereocenters. The second-order valence-electron chi connectivity index (χ2n) is 1.46. The lowest BCUT2D eigenvalue weighted by atomic mass is 10.4. The molecule has 0 bridgehead atoms. The van der Waals surface area contributed by atoms with Crippen molar-refractivity contribution in [2.24, 2.45) is 5.73 Å². The zero-order valence-electron chi connectivity index (χ0n) is 6.61. The predicted octanol–water partition coefficient (Wildman–Crippen LogP) is 0.602. The molecule has 0 unspecified atom stereocenters. The molecule has 0 radical (unpaired) electrons. The molecule has 4 heteroatoms. The van der Waals surface area contributed by atoms with Gasteiger partial charge in [0.25, 0.3) is 5.91 Å². The van der Waals surface area contributed by atoms with E-state index in [1.54, 1.807) is 0 Å².